The SMILES string of the molecule is CC(C)(C)OC(=O)N1CCN(c2ccn3ncc(Br)c3n2)CC12CC2. The van der Waals surface area contributed by atoms with Gasteiger partial charge in [0.25, 0.3) is 0 Å². The minimum Gasteiger partial charge on any atom is -0.444 e. The number of anilines is 1. The molecule has 0 bridgehead atoms. The standard InChI is InChI=1S/C17H22BrN5O2/c1-16(2,3)25-15(24)22-9-8-21(11-17(22)5-6-17)13-4-7-23-14(20-13)12(18)10-19-23/h4,7,10H,5-6,8-9,11H2,1-3H3. The van der Waals surface area contributed by atoms with Gasteiger partial charge < -0.3 is 9.64 Å². The Morgan fingerprint density at radius 3 is 2.76 bits per heavy atom. The number of carbonyl (C=O) groups excluding carboxylic acids is 1. The molecule has 0 aromatic carbocycles. The van der Waals surface area contributed by atoms with E-state index < -0.39 is 5.60 Å². The van der Waals surface area contributed by atoms with Crippen LogP contribution in [0.3, 0.4) is 0 Å². The maximum absolute atomic E-state index is 12.5. The van der Waals surface area contributed by atoms with Crippen LogP contribution in [0.25, 0.3) is 5.65 Å². The molecular weight excluding hydrogens is 386 g/mol. The van der Waals surface area contributed by atoms with Gasteiger partial charge in [0.1, 0.15) is 11.4 Å². The van der Waals surface area contributed by atoms with Gasteiger partial charge in [0.2, 0.25) is 0 Å². The number of carbonyl (C=O) groups is 1. The second kappa shape index (κ2) is 5.59. The Bertz CT molecular complexity index is 824. The van der Waals surface area contributed by atoms with E-state index in [1.807, 2.05) is 37.9 Å². The summed E-state index contributed by atoms with van der Waals surface area (Å²) in [6, 6.07) is 1.98. The Hall–Kier alpha value is -1.83. The normalized spacial score (nSPS) is 19.5. The number of amides is 1. The minimum atomic E-state index is -0.467. The molecule has 7 nitrogen and oxygen atoms in total. The lowest BCUT2D eigenvalue weighted by Gasteiger charge is -2.42. The van der Waals surface area contributed by atoms with E-state index in [-0.39, 0.29) is 11.6 Å². The number of ether oxygens (including phenoxy) is 1. The van der Waals surface area contributed by atoms with Crippen LogP contribution in [-0.2, 0) is 4.74 Å². The lowest BCUT2D eigenvalue weighted by atomic mass is 10.1. The van der Waals surface area contributed by atoms with Crippen molar-refractivity contribution in [3.8, 4) is 0 Å². The van der Waals surface area contributed by atoms with Crippen molar-refractivity contribution >= 4 is 33.5 Å². The number of hydrogen-bond donors (Lipinski definition) is 0. The van der Waals surface area contributed by atoms with Gasteiger partial charge in [-0.15, -0.1) is 0 Å². The first-order valence-electron chi connectivity index (χ1n) is 8.53. The molecule has 8 heteroatoms. The molecule has 3 heterocycles. The van der Waals surface area contributed by atoms with Gasteiger partial charge in [-0.05, 0) is 55.6 Å². The van der Waals surface area contributed by atoms with Gasteiger partial charge in [-0.2, -0.15) is 5.10 Å². The number of aromatic nitrogens is 3. The van der Waals surface area contributed by atoms with Gasteiger partial charge >= 0.3 is 6.09 Å². The van der Waals surface area contributed by atoms with Crippen molar-refractivity contribution < 1.29 is 9.53 Å². The Balaban J connectivity index is 1.54. The number of hydrogen-bond acceptors (Lipinski definition) is 5. The van der Waals surface area contributed by atoms with Crippen molar-refractivity contribution in [3.63, 3.8) is 0 Å². The fourth-order valence-electron chi connectivity index (χ4n) is 3.36. The van der Waals surface area contributed by atoms with Crippen molar-refractivity contribution in [2.45, 2.75) is 44.8 Å². The molecule has 0 radical (unpaired) electrons. The molecule has 1 amide bonds. The van der Waals surface area contributed by atoms with Crippen LogP contribution in [0, 0.1) is 0 Å². The van der Waals surface area contributed by atoms with E-state index >= 15 is 0 Å². The van der Waals surface area contributed by atoms with Crippen molar-refractivity contribution in [1.29, 1.82) is 0 Å². The molecule has 4 rings (SSSR count). The topological polar surface area (TPSA) is 63.0 Å². The van der Waals surface area contributed by atoms with E-state index in [2.05, 4.69) is 25.9 Å². The van der Waals surface area contributed by atoms with Crippen LogP contribution in [0.4, 0.5) is 10.6 Å². The Kier molecular flexibility index (Phi) is 3.72. The monoisotopic (exact) mass is 407 g/mol. The van der Waals surface area contributed by atoms with Crippen LogP contribution in [-0.4, -0.2) is 56.4 Å². The molecule has 1 saturated carbocycles. The number of rotatable bonds is 1. The molecule has 134 valence electrons. The first-order chi connectivity index (χ1) is 11.8. The summed E-state index contributed by atoms with van der Waals surface area (Å²) in [6.07, 6.45) is 5.49. The molecule has 0 unspecified atom stereocenters. The van der Waals surface area contributed by atoms with Gasteiger partial charge in [-0.1, -0.05) is 0 Å². The lowest BCUT2D eigenvalue weighted by Crippen LogP contribution is -2.58. The van der Waals surface area contributed by atoms with Gasteiger partial charge in [-0.3, -0.25) is 4.90 Å². The molecule has 2 aromatic rings. The highest BCUT2D eigenvalue weighted by molar-refractivity contribution is 9.10. The summed E-state index contributed by atoms with van der Waals surface area (Å²) in [5.74, 6) is 0.920. The molecule has 2 fully saturated rings. The number of nitrogens with zero attached hydrogens (tertiary/aromatic N) is 5. The van der Waals surface area contributed by atoms with E-state index in [1.165, 1.54) is 0 Å². The van der Waals surface area contributed by atoms with Crippen LogP contribution in [0.1, 0.15) is 33.6 Å². The second-order valence-corrected chi connectivity index (χ2v) is 8.68. The largest absolute Gasteiger partial charge is 0.444 e. The van der Waals surface area contributed by atoms with Gasteiger partial charge in [0, 0.05) is 25.8 Å². The van der Waals surface area contributed by atoms with Gasteiger partial charge in [0.05, 0.1) is 16.2 Å². The smallest absolute Gasteiger partial charge is 0.410 e. The highest BCUT2D eigenvalue weighted by atomic mass is 79.9. The molecule has 1 saturated heterocycles. The Morgan fingerprint density at radius 2 is 2.08 bits per heavy atom. The summed E-state index contributed by atoms with van der Waals surface area (Å²) in [5, 5.41) is 4.23. The number of fused-ring (bicyclic) bond motifs is 1. The first kappa shape index (κ1) is 16.6. The van der Waals surface area contributed by atoms with Crippen molar-refractivity contribution in [1.82, 2.24) is 19.5 Å². The number of halogens is 1. The third-order valence-electron chi connectivity index (χ3n) is 4.73. The summed E-state index contributed by atoms with van der Waals surface area (Å²) in [4.78, 5) is 21.5. The van der Waals surface area contributed by atoms with Crippen molar-refractivity contribution in [2.75, 3.05) is 24.5 Å². The van der Waals surface area contributed by atoms with E-state index in [4.69, 9.17) is 9.72 Å². The number of piperazine rings is 1. The second-order valence-electron chi connectivity index (χ2n) is 7.82. The summed E-state index contributed by atoms with van der Waals surface area (Å²) >= 11 is 3.48. The van der Waals surface area contributed by atoms with Gasteiger partial charge in [-0.25, -0.2) is 14.3 Å². The Labute approximate surface area is 155 Å². The third-order valence-corrected chi connectivity index (χ3v) is 5.29. The fraction of sp³-hybridized carbons (Fsp3) is 0.588. The first-order valence-corrected chi connectivity index (χ1v) is 9.32. The highest BCUT2D eigenvalue weighted by Crippen LogP contribution is 2.45. The van der Waals surface area contributed by atoms with Crippen molar-refractivity contribution in [3.05, 3.63) is 22.9 Å². The molecule has 1 aliphatic carbocycles. The molecule has 1 aliphatic heterocycles. The highest BCUT2D eigenvalue weighted by Gasteiger charge is 2.54. The van der Waals surface area contributed by atoms with Crippen LogP contribution in [0.2, 0.25) is 0 Å². The zero-order chi connectivity index (χ0) is 17.8. The maximum atomic E-state index is 12.5. The zero-order valence-electron chi connectivity index (χ0n) is 14.7. The predicted octanol–water partition coefficient (Wildman–Crippen LogP) is 3.08. The molecule has 0 N–H and O–H groups in total. The summed E-state index contributed by atoms with van der Waals surface area (Å²) < 4.78 is 8.22. The molecule has 2 aromatic heterocycles. The van der Waals surface area contributed by atoms with Crippen LogP contribution in [0.15, 0.2) is 22.9 Å². The van der Waals surface area contributed by atoms with Crippen LogP contribution >= 0.6 is 15.9 Å². The van der Waals surface area contributed by atoms with Crippen molar-refractivity contribution in [2.24, 2.45) is 0 Å². The molecule has 0 atom stereocenters. The van der Waals surface area contributed by atoms with Crippen LogP contribution in [0.5, 0.6) is 0 Å². The van der Waals surface area contributed by atoms with E-state index in [0.29, 0.717) is 6.54 Å². The lowest BCUT2D eigenvalue weighted by molar-refractivity contribution is 0.0106. The summed E-state index contributed by atoms with van der Waals surface area (Å²) in [7, 11) is 0. The average molecular weight is 408 g/mol. The average Bonchev–Trinajstić information content (AvgIpc) is 3.19. The molecule has 25 heavy (non-hydrogen) atoms. The van der Waals surface area contributed by atoms with E-state index in [1.54, 1.807) is 10.7 Å². The molecule has 2 aliphatic rings. The maximum Gasteiger partial charge on any atom is 0.410 e. The fourth-order valence-corrected chi connectivity index (χ4v) is 3.72. The Morgan fingerprint density at radius 1 is 1.32 bits per heavy atom. The quantitative estimate of drug-likeness (QED) is 0.726. The minimum absolute atomic E-state index is 0.105. The van der Waals surface area contributed by atoms with Gasteiger partial charge in [0.15, 0.2) is 5.65 Å². The molecule has 1 spiro atoms. The third kappa shape index (κ3) is 3.07. The summed E-state index contributed by atoms with van der Waals surface area (Å²) in [5.41, 5.74) is 0.230. The van der Waals surface area contributed by atoms with E-state index in [0.717, 1.165) is 41.9 Å². The predicted molar refractivity (Wildman–Crippen MR) is 97.8 cm³/mol. The van der Waals surface area contributed by atoms with E-state index in [9.17, 15) is 4.79 Å². The summed E-state index contributed by atoms with van der Waals surface area (Å²) in [6.45, 7) is 7.91. The van der Waals surface area contributed by atoms with Crippen LogP contribution < -0.4 is 4.90 Å². The zero-order valence-corrected chi connectivity index (χ0v) is 16.3. The molecular formula is C17H22BrN5O2.